The maximum atomic E-state index is 12.7. The average Bonchev–Trinajstić information content (AvgIpc) is 3.23. The Bertz CT molecular complexity index is 878. The molecule has 1 N–H and O–H groups in total. The van der Waals surface area contributed by atoms with Crippen LogP contribution in [0.25, 0.3) is 5.65 Å². The average molecular weight is 309 g/mol. The van der Waals surface area contributed by atoms with E-state index in [4.69, 9.17) is 0 Å². The zero-order chi connectivity index (χ0) is 16.0. The van der Waals surface area contributed by atoms with Crippen molar-refractivity contribution in [2.24, 2.45) is 0 Å². The predicted octanol–water partition coefficient (Wildman–Crippen LogP) is 2.30. The van der Waals surface area contributed by atoms with Crippen molar-refractivity contribution in [2.75, 3.05) is 13.1 Å². The highest BCUT2D eigenvalue weighted by atomic mass is 16.2. The molecule has 0 spiro atoms. The summed E-state index contributed by atoms with van der Waals surface area (Å²) in [6, 6.07) is 3.94. The summed E-state index contributed by atoms with van der Waals surface area (Å²) in [6.45, 7) is 5.55. The van der Waals surface area contributed by atoms with Crippen molar-refractivity contribution in [3.05, 3.63) is 53.2 Å². The van der Waals surface area contributed by atoms with E-state index in [0.29, 0.717) is 11.6 Å². The van der Waals surface area contributed by atoms with E-state index in [-0.39, 0.29) is 5.91 Å². The molecule has 6 heteroatoms. The molecule has 118 valence electrons. The minimum absolute atomic E-state index is 0.00558. The van der Waals surface area contributed by atoms with Crippen molar-refractivity contribution < 1.29 is 4.79 Å². The Morgan fingerprint density at radius 3 is 2.96 bits per heavy atom. The van der Waals surface area contributed by atoms with Crippen LogP contribution in [0.15, 0.2) is 30.7 Å². The molecule has 1 atom stereocenters. The molecular formula is C17H19N5O. The molecule has 1 aliphatic rings. The van der Waals surface area contributed by atoms with E-state index < -0.39 is 0 Å². The van der Waals surface area contributed by atoms with Gasteiger partial charge in [-0.05, 0) is 37.5 Å². The van der Waals surface area contributed by atoms with E-state index in [0.717, 1.165) is 42.0 Å². The highest BCUT2D eigenvalue weighted by Crippen LogP contribution is 2.28. The molecule has 3 aromatic heterocycles. The number of aromatic nitrogens is 4. The van der Waals surface area contributed by atoms with Gasteiger partial charge in [0.1, 0.15) is 11.3 Å². The first kappa shape index (κ1) is 14.0. The standard InChI is InChI=1S/C17H19N5O/c1-11-3-4-15-19-14(10-22(15)8-11)17(23)21-6-5-13(9-21)16-12(2)7-18-20-16/h3-4,7-8,10,13H,5-6,9H2,1-2H3,(H,18,20). The predicted molar refractivity (Wildman–Crippen MR) is 86.5 cm³/mol. The Labute approximate surface area is 134 Å². The van der Waals surface area contributed by atoms with E-state index in [2.05, 4.69) is 15.2 Å². The topological polar surface area (TPSA) is 66.3 Å². The van der Waals surface area contributed by atoms with Crippen molar-refractivity contribution >= 4 is 11.6 Å². The number of amides is 1. The van der Waals surface area contributed by atoms with Crippen LogP contribution in [0, 0.1) is 13.8 Å². The second kappa shape index (κ2) is 5.22. The van der Waals surface area contributed by atoms with Crippen molar-refractivity contribution in [2.45, 2.75) is 26.2 Å². The minimum atomic E-state index is 0.00558. The summed E-state index contributed by atoms with van der Waals surface area (Å²) < 4.78 is 1.91. The number of rotatable bonds is 2. The molecule has 1 saturated heterocycles. The van der Waals surface area contributed by atoms with Gasteiger partial charge in [-0.15, -0.1) is 0 Å². The molecule has 0 saturated carbocycles. The molecule has 1 fully saturated rings. The summed E-state index contributed by atoms with van der Waals surface area (Å²) in [5.41, 5.74) is 4.76. The molecule has 0 aromatic carbocycles. The number of carbonyl (C=O) groups excluding carboxylic acids is 1. The van der Waals surface area contributed by atoms with E-state index in [9.17, 15) is 4.79 Å². The first-order chi connectivity index (χ1) is 11.1. The molecule has 0 aliphatic carbocycles. The Kier molecular flexibility index (Phi) is 3.18. The first-order valence-corrected chi connectivity index (χ1v) is 7.86. The van der Waals surface area contributed by atoms with Gasteiger partial charge >= 0.3 is 0 Å². The minimum Gasteiger partial charge on any atom is -0.337 e. The van der Waals surface area contributed by atoms with Crippen LogP contribution in [0.2, 0.25) is 0 Å². The summed E-state index contributed by atoms with van der Waals surface area (Å²) in [7, 11) is 0. The molecule has 6 nitrogen and oxygen atoms in total. The van der Waals surface area contributed by atoms with Gasteiger partial charge < -0.3 is 9.30 Å². The maximum absolute atomic E-state index is 12.7. The van der Waals surface area contributed by atoms with Crippen molar-refractivity contribution in [1.29, 1.82) is 0 Å². The summed E-state index contributed by atoms with van der Waals surface area (Å²) >= 11 is 0. The fourth-order valence-electron chi connectivity index (χ4n) is 3.32. The molecule has 1 aliphatic heterocycles. The normalized spacial score (nSPS) is 18.0. The van der Waals surface area contributed by atoms with Crippen molar-refractivity contribution in [1.82, 2.24) is 24.5 Å². The number of nitrogens with zero attached hydrogens (tertiary/aromatic N) is 4. The summed E-state index contributed by atoms with van der Waals surface area (Å²) in [4.78, 5) is 19.1. The Morgan fingerprint density at radius 2 is 2.17 bits per heavy atom. The smallest absolute Gasteiger partial charge is 0.274 e. The van der Waals surface area contributed by atoms with Gasteiger partial charge in [-0.1, -0.05) is 6.07 Å². The first-order valence-electron chi connectivity index (χ1n) is 7.86. The van der Waals surface area contributed by atoms with Crippen LogP contribution in [0.1, 0.15) is 39.6 Å². The van der Waals surface area contributed by atoms with Gasteiger partial charge in [0.25, 0.3) is 5.91 Å². The number of hydrogen-bond donors (Lipinski definition) is 1. The Hall–Kier alpha value is -2.63. The molecule has 0 bridgehead atoms. The number of carbonyl (C=O) groups is 1. The van der Waals surface area contributed by atoms with Gasteiger partial charge in [0.2, 0.25) is 0 Å². The largest absolute Gasteiger partial charge is 0.337 e. The third-order valence-electron chi connectivity index (χ3n) is 4.57. The molecule has 23 heavy (non-hydrogen) atoms. The molecule has 4 heterocycles. The number of aryl methyl sites for hydroxylation is 2. The number of aromatic amines is 1. The lowest BCUT2D eigenvalue weighted by Gasteiger charge is -2.14. The summed E-state index contributed by atoms with van der Waals surface area (Å²) in [5.74, 6) is 0.340. The maximum Gasteiger partial charge on any atom is 0.274 e. The van der Waals surface area contributed by atoms with E-state index in [1.165, 1.54) is 0 Å². The SMILES string of the molecule is Cc1ccc2nc(C(=O)N3CCC(c4[nH]ncc4C)C3)cn2c1. The van der Waals surface area contributed by atoms with E-state index in [1.807, 2.05) is 53.9 Å². The molecule has 1 unspecified atom stereocenters. The van der Waals surface area contributed by atoms with Gasteiger partial charge in [-0.2, -0.15) is 5.10 Å². The van der Waals surface area contributed by atoms with Gasteiger partial charge in [0.15, 0.2) is 0 Å². The van der Waals surface area contributed by atoms with Crippen molar-refractivity contribution in [3.8, 4) is 0 Å². The van der Waals surface area contributed by atoms with Crippen LogP contribution < -0.4 is 0 Å². The molecule has 4 rings (SSSR count). The van der Waals surface area contributed by atoms with Crippen LogP contribution in [0.4, 0.5) is 0 Å². The van der Waals surface area contributed by atoms with Gasteiger partial charge in [0.05, 0.1) is 6.20 Å². The number of pyridine rings is 1. The second-order valence-electron chi connectivity index (χ2n) is 6.30. The molecular weight excluding hydrogens is 290 g/mol. The van der Waals surface area contributed by atoms with Gasteiger partial charge in [-0.3, -0.25) is 9.89 Å². The van der Waals surface area contributed by atoms with Crippen LogP contribution >= 0.6 is 0 Å². The lowest BCUT2D eigenvalue weighted by molar-refractivity contribution is 0.0785. The number of likely N-dealkylation sites (tertiary alicyclic amines) is 1. The number of fused-ring (bicyclic) bond motifs is 1. The number of imidazole rings is 1. The zero-order valence-electron chi connectivity index (χ0n) is 13.3. The Morgan fingerprint density at radius 1 is 1.30 bits per heavy atom. The molecule has 3 aromatic rings. The zero-order valence-corrected chi connectivity index (χ0v) is 13.3. The molecule has 1 amide bonds. The third-order valence-corrected chi connectivity index (χ3v) is 4.57. The Balaban J connectivity index is 1.56. The fourth-order valence-corrected chi connectivity index (χ4v) is 3.32. The lowest BCUT2D eigenvalue weighted by atomic mass is 10.0. The highest BCUT2D eigenvalue weighted by Gasteiger charge is 2.30. The summed E-state index contributed by atoms with van der Waals surface area (Å²) in [6.07, 6.45) is 6.60. The second-order valence-corrected chi connectivity index (χ2v) is 6.30. The third kappa shape index (κ3) is 2.40. The van der Waals surface area contributed by atoms with E-state index >= 15 is 0 Å². The number of hydrogen-bond acceptors (Lipinski definition) is 3. The monoisotopic (exact) mass is 309 g/mol. The lowest BCUT2D eigenvalue weighted by Crippen LogP contribution is -2.28. The van der Waals surface area contributed by atoms with Crippen molar-refractivity contribution in [3.63, 3.8) is 0 Å². The van der Waals surface area contributed by atoms with Crippen LogP contribution in [-0.4, -0.2) is 43.5 Å². The fraction of sp³-hybridized carbons (Fsp3) is 0.353. The number of nitrogens with one attached hydrogen (secondary N) is 1. The number of H-pyrrole nitrogens is 1. The van der Waals surface area contributed by atoms with E-state index in [1.54, 1.807) is 0 Å². The quantitative estimate of drug-likeness (QED) is 0.790. The highest BCUT2D eigenvalue weighted by molar-refractivity contribution is 5.93. The molecule has 0 radical (unpaired) electrons. The summed E-state index contributed by atoms with van der Waals surface area (Å²) in [5, 5.41) is 7.15. The van der Waals surface area contributed by atoms with Crippen LogP contribution in [0.5, 0.6) is 0 Å². The van der Waals surface area contributed by atoms with Crippen LogP contribution in [0.3, 0.4) is 0 Å². The van der Waals surface area contributed by atoms with Gasteiger partial charge in [-0.25, -0.2) is 4.98 Å². The van der Waals surface area contributed by atoms with Crippen LogP contribution in [-0.2, 0) is 0 Å². The van der Waals surface area contributed by atoms with Gasteiger partial charge in [0, 0.05) is 37.1 Å².